The van der Waals surface area contributed by atoms with Crippen LogP contribution in [0, 0.1) is 5.92 Å². The van der Waals surface area contributed by atoms with Gasteiger partial charge in [-0.1, -0.05) is 36.8 Å². The highest BCUT2D eigenvalue weighted by atomic mass is 35.5. The van der Waals surface area contributed by atoms with Crippen molar-refractivity contribution in [2.75, 3.05) is 38.5 Å². The molecule has 1 heterocycles. The second-order valence-electron chi connectivity index (χ2n) is 7.35. The molecule has 1 aromatic heterocycles. The third-order valence-electron chi connectivity index (χ3n) is 5.17. The summed E-state index contributed by atoms with van der Waals surface area (Å²) < 4.78 is 0. The first kappa shape index (κ1) is 21.3. The zero-order chi connectivity index (χ0) is 20.8. The molecule has 0 radical (unpaired) electrons. The smallest absolute Gasteiger partial charge is 0.333 e. The van der Waals surface area contributed by atoms with Gasteiger partial charge in [0.05, 0.1) is 11.1 Å². The Labute approximate surface area is 176 Å². The highest BCUT2D eigenvalue weighted by Crippen LogP contribution is 2.24. The third kappa shape index (κ3) is 5.56. The van der Waals surface area contributed by atoms with E-state index < -0.39 is 5.97 Å². The monoisotopic (exact) mass is 414 g/mol. The molecule has 2 atom stereocenters. The van der Waals surface area contributed by atoms with Crippen molar-refractivity contribution in [3.8, 4) is 0 Å². The first-order valence-corrected chi connectivity index (χ1v) is 10.2. The highest BCUT2D eigenvalue weighted by Gasteiger charge is 2.25. The van der Waals surface area contributed by atoms with E-state index in [1.54, 1.807) is 12.3 Å². The van der Waals surface area contributed by atoms with Crippen molar-refractivity contribution in [2.45, 2.75) is 13.0 Å². The number of nitrogens with zero attached hydrogens (tertiary/aromatic N) is 2. The number of pyridine rings is 1. The second kappa shape index (κ2) is 9.87. The molecule has 0 aliphatic heterocycles. The van der Waals surface area contributed by atoms with Crippen LogP contribution in [0.15, 0.2) is 54.3 Å². The summed E-state index contributed by atoms with van der Waals surface area (Å²) in [5.74, 6) is -0.700. The summed E-state index contributed by atoms with van der Waals surface area (Å²) >= 11 is 6.04. The molecule has 3 N–H and O–H groups in total. The summed E-state index contributed by atoms with van der Waals surface area (Å²) in [6.07, 6.45) is 7.31. The van der Waals surface area contributed by atoms with Crippen LogP contribution in [0.5, 0.6) is 0 Å². The number of aromatic nitrogens is 1. The van der Waals surface area contributed by atoms with E-state index in [9.17, 15) is 9.90 Å². The normalized spacial score (nSPS) is 18.8. The van der Waals surface area contributed by atoms with E-state index >= 15 is 0 Å². The van der Waals surface area contributed by atoms with Crippen molar-refractivity contribution in [3.05, 3.63) is 59.3 Å². The molecule has 0 bridgehead atoms. The summed E-state index contributed by atoms with van der Waals surface area (Å²) in [7, 11) is 2.06. The Kier molecular flexibility index (Phi) is 7.25. The number of aliphatic carboxylic acids is 1. The lowest BCUT2D eigenvalue weighted by atomic mass is 9.90. The molecule has 1 aliphatic carbocycles. The van der Waals surface area contributed by atoms with E-state index in [1.807, 2.05) is 43.3 Å². The summed E-state index contributed by atoms with van der Waals surface area (Å²) in [5, 5.41) is 18.0. The average molecular weight is 415 g/mol. The Balaban J connectivity index is 1.45. The minimum Gasteiger partial charge on any atom is -0.478 e. The van der Waals surface area contributed by atoms with Gasteiger partial charge in [-0.25, -0.2) is 4.79 Å². The first-order chi connectivity index (χ1) is 14.0. The standard InChI is InChI=1S/C22H27ClN4O2/c1-15-4-3-5-18(22(28)29)21(15)26-11-13-27(2)12-10-25-19-8-9-24-20-14-16(23)6-7-17(19)20/h3-9,14-15,21,26H,10-13H2,1-2H3,(H,24,25)(H,28,29). The predicted molar refractivity (Wildman–Crippen MR) is 119 cm³/mol. The van der Waals surface area contributed by atoms with Crippen LogP contribution in [-0.2, 0) is 4.79 Å². The number of likely N-dealkylation sites (N-methyl/N-ethyl adjacent to an activating group) is 1. The van der Waals surface area contributed by atoms with E-state index in [-0.39, 0.29) is 12.0 Å². The van der Waals surface area contributed by atoms with Gasteiger partial charge in [-0.15, -0.1) is 0 Å². The summed E-state index contributed by atoms with van der Waals surface area (Å²) in [5.41, 5.74) is 2.34. The quantitative estimate of drug-likeness (QED) is 0.583. The number of carboxylic acids is 1. The molecular weight excluding hydrogens is 388 g/mol. The predicted octanol–water partition coefficient (Wildman–Crippen LogP) is 3.41. The molecule has 0 amide bonds. The van der Waals surface area contributed by atoms with Crippen LogP contribution in [0.2, 0.25) is 5.02 Å². The topological polar surface area (TPSA) is 77.5 Å². The summed E-state index contributed by atoms with van der Waals surface area (Å²) in [6, 6.07) is 7.53. The lowest BCUT2D eigenvalue weighted by Gasteiger charge is -2.27. The van der Waals surface area contributed by atoms with E-state index in [4.69, 9.17) is 11.6 Å². The van der Waals surface area contributed by atoms with Crippen molar-refractivity contribution in [1.82, 2.24) is 15.2 Å². The number of hydrogen-bond acceptors (Lipinski definition) is 5. The Bertz CT molecular complexity index is 928. The van der Waals surface area contributed by atoms with Crippen LogP contribution in [0.4, 0.5) is 5.69 Å². The van der Waals surface area contributed by atoms with Gasteiger partial charge in [-0.05, 0) is 37.2 Å². The number of benzene rings is 1. The van der Waals surface area contributed by atoms with Crippen molar-refractivity contribution in [2.24, 2.45) is 5.92 Å². The number of hydrogen-bond donors (Lipinski definition) is 3. The van der Waals surface area contributed by atoms with Crippen LogP contribution in [-0.4, -0.2) is 60.2 Å². The van der Waals surface area contributed by atoms with Crippen LogP contribution in [0.3, 0.4) is 0 Å². The molecule has 154 valence electrons. The van der Waals surface area contributed by atoms with Crippen LogP contribution in [0.1, 0.15) is 6.92 Å². The molecule has 6 nitrogen and oxygen atoms in total. The van der Waals surface area contributed by atoms with E-state index in [0.717, 1.165) is 42.8 Å². The maximum Gasteiger partial charge on any atom is 0.333 e. The molecule has 1 aromatic carbocycles. The van der Waals surface area contributed by atoms with Crippen molar-refractivity contribution in [1.29, 1.82) is 0 Å². The van der Waals surface area contributed by atoms with Crippen molar-refractivity contribution in [3.63, 3.8) is 0 Å². The number of rotatable bonds is 9. The SMILES string of the molecule is CC1C=CC=C(C(=O)O)C1NCCN(C)CCNc1ccnc2cc(Cl)ccc12. The number of halogens is 1. The largest absolute Gasteiger partial charge is 0.478 e. The summed E-state index contributed by atoms with van der Waals surface area (Å²) in [6.45, 7) is 5.24. The molecule has 0 spiro atoms. The molecule has 0 saturated carbocycles. The molecule has 7 heteroatoms. The Morgan fingerprint density at radius 3 is 2.86 bits per heavy atom. The second-order valence-corrected chi connectivity index (χ2v) is 7.79. The van der Waals surface area contributed by atoms with Gasteiger partial charge in [0.15, 0.2) is 0 Å². The first-order valence-electron chi connectivity index (χ1n) is 9.77. The van der Waals surface area contributed by atoms with Gasteiger partial charge in [0.2, 0.25) is 0 Å². The number of nitrogens with one attached hydrogen (secondary N) is 2. The average Bonchev–Trinajstić information content (AvgIpc) is 2.68. The fourth-order valence-corrected chi connectivity index (χ4v) is 3.68. The molecule has 3 rings (SSSR count). The fraction of sp³-hybridized carbons (Fsp3) is 0.364. The van der Waals surface area contributed by atoms with Gasteiger partial charge in [-0.2, -0.15) is 0 Å². The molecule has 0 saturated heterocycles. The third-order valence-corrected chi connectivity index (χ3v) is 5.40. The number of allylic oxidation sites excluding steroid dienone is 2. The highest BCUT2D eigenvalue weighted by molar-refractivity contribution is 6.31. The minimum absolute atomic E-state index is 0.154. The zero-order valence-electron chi connectivity index (χ0n) is 16.7. The van der Waals surface area contributed by atoms with Crippen LogP contribution < -0.4 is 10.6 Å². The maximum absolute atomic E-state index is 11.4. The number of anilines is 1. The van der Waals surface area contributed by atoms with Crippen LogP contribution >= 0.6 is 11.6 Å². The lowest BCUT2D eigenvalue weighted by molar-refractivity contribution is -0.133. The van der Waals surface area contributed by atoms with Gasteiger partial charge < -0.3 is 20.6 Å². The molecule has 29 heavy (non-hydrogen) atoms. The van der Waals surface area contributed by atoms with Gasteiger partial charge in [0.1, 0.15) is 0 Å². The lowest BCUT2D eigenvalue weighted by Crippen LogP contribution is -2.43. The number of carboxylic acid groups (broad SMARTS) is 1. The van der Waals surface area contributed by atoms with E-state index in [2.05, 4.69) is 27.6 Å². The van der Waals surface area contributed by atoms with E-state index in [0.29, 0.717) is 10.6 Å². The molecule has 2 aromatic rings. The Morgan fingerprint density at radius 1 is 1.28 bits per heavy atom. The van der Waals surface area contributed by atoms with Gasteiger partial charge in [0.25, 0.3) is 0 Å². The number of carbonyl (C=O) groups is 1. The zero-order valence-corrected chi connectivity index (χ0v) is 17.5. The maximum atomic E-state index is 11.4. The Hall–Kier alpha value is -2.41. The minimum atomic E-state index is -0.859. The molecular formula is C22H27ClN4O2. The van der Waals surface area contributed by atoms with Crippen molar-refractivity contribution >= 4 is 34.2 Å². The number of fused-ring (bicyclic) bond motifs is 1. The van der Waals surface area contributed by atoms with Crippen LogP contribution in [0.25, 0.3) is 10.9 Å². The summed E-state index contributed by atoms with van der Waals surface area (Å²) in [4.78, 5) is 18.0. The van der Waals surface area contributed by atoms with Crippen molar-refractivity contribution < 1.29 is 9.90 Å². The molecule has 1 aliphatic rings. The Morgan fingerprint density at radius 2 is 2.07 bits per heavy atom. The fourth-order valence-electron chi connectivity index (χ4n) is 3.51. The van der Waals surface area contributed by atoms with Gasteiger partial charge in [0, 0.05) is 54.5 Å². The van der Waals surface area contributed by atoms with Gasteiger partial charge in [-0.3, -0.25) is 4.98 Å². The van der Waals surface area contributed by atoms with Gasteiger partial charge >= 0.3 is 5.97 Å². The van der Waals surface area contributed by atoms with E-state index in [1.165, 1.54) is 0 Å². The molecule has 2 unspecified atom stereocenters. The molecule has 0 fully saturated rings.